The summed E-state index contributed by atoms with van der Waals surface area (Å²) < 4.78 is 29.5. The van der Waals surface area contributed by atoms with E-state index in [1.54, 1.807) is 23.7 Å². The molecule has 4 aromatic rings. The van der Waals surface area contributed by atoms with E-state index in [0.29, 0.717) is 5.56 Å². The Morgan fingerprint density at radius 1 is 1.10 bits per heavy atom. The molecule has 4 heterocycles. The van der Waals surface area contributed by atoms with Crippen molar-refractivity contribution >= 4 is 26.9 Å². The summed E-state index contributed by atoms with van der Waals surface area (Å²) in [5.74, 6) is -1.29. The van der Waals surface area contributed by atoms with E-state index in [1.165, 1.54) is 10.7 Å². The first-order chi connectivity index (χ1) is 9.74. The second-order valence-electron chi connectivity index (χ2n) is 4.38. The molecule has 0 bridgehead atoms. The average Bonchev–Trinajstić information content (AvgIpc) is 3.03. The van der Waals surface area contributed by atoms with Crippen LogP contribution in [0, 0.1) is 11.6 Å². The molecular weight excluding hydrogens is 280 g/mol. The maximum Gasteiger partial charge on any atom is 0.152 e. The van der Waals surface area contributed by atoms with Crippen molar-refractivity contribution in [2.75, 3.05) is 0 Å². The van der Waals surface area contributed by atoms with Crippen LogP contribution in [0.4, 0.5) is 8.78 Å². The van der Waals surface area contributed by atoms with Crippen LogP contribution in [-0.4, -0.2) is 14.6 Å². The minimum absolute atomic E-state index is 0.256. The lowest BCUT2D eigenvalue weighted by atomic mass is 10.1. The second kappa shape index (κ2) is 4.08. The van der Waals surface area contributed by atoms with Gasteiger partial charge in [-0.05, 0) is 11.4 Å². The van der Waals surface area contributed by atoms with Crippen LogP contribution in [0.25, 0.3) is 26.7 Å². The highest BCUT2D eigenvalue weighted by molar-refractivity contribution is 7.17. The highest BCUT2D eigenvalue weighted by Crippen LogP contribution is 2.33. The van der Waals surface area contributed by atoms with E-state index in [9.17, 15) is 8.78 Å². The lowest BCUT2D eigenvalue weighted by molar-refractivity contribution is 0.573. The summed E-state index contributed by atoms with van der Waals surface area (Å²) >= 11 is 1.57. The van der Waals surface area contributed by atoms with Crippen LogP contribution in [0.3, 0.4) is 0 Å². The van der Waals surface area contributed by atoms with Gasteiger partial charge in [0.1, 0.15) is 11.3 Å². The van der Waals surface area contributed by atoms with Gasteiger partial charge in [0.15, 0.2) is 5.82 Å². The molecule has 0 atom stereocenters. The maximum atomic E-state index is 14.0. The quantitative estimate of drug-likeness (QED) is 0.531. The number of halogens is 2. The van der Waals surface area contributed by atoms with Crippen LogP contribution in [0.2, 0.25) is 0 Å². The van der Waals surface area contributed by atoms with Gasteiger partial charge in [0.25, 0.3) is 0 Å². The van der Waals surface area contributed by atoms with Crippen molar-refractivity contribution in [1.29, 1.82) is 0 Å². The zero-order valence-corrected chi connectivity index (χ0v) is 10.9. The van der Waals surface area contributed by atoms with Crippen molar-refractivity contribution in [3.05, 3.63) is 53.9 Å². The summed E-state index contributed by atoms with van der Waals surface area (Å²) in [5, 5.41) is 6.97. The third-order valence-corrected chi connectivity index (χ3v) is 4.05. The van der Waals surface area contributed by atoms with Gasteiger partial charge in [-0.1, -0.05) is 0 Å². The highest BCUT2D eigenvalue weighted by Gasteiger charge is 2.15. The third-order valence-electron chi connectivity index (χ3n) is 3.20. The van der Waals surface area contributed by atoms with E-state index in [0.717, 1.165) is 27.9 Å². The Labute approximate surface area is 116 Å². The number of rotatable bonds is 1. The number of nitrogens with zero attached hydrogens (tertiary/aromatic N) is 3. The smallest absolute Gasteiger partial charge is 0.152 e. The third kappa shape index (κ3) is 1.55. The largest absolute Gasteiger partial charge is 0.263 e. The van der Waals surface area contributed by atoms with Gasteiger partial charge in [-0.15, -0.1) is 11.3 Å². The zero-order valence-electron chi connectivity index (χ0n) is 10.0. The van der Waals surface area contributed by atoms with Crippen LogP contribution in [0.5, 0.6) is 0 Å². The first-order valence-electron chi connectivity index (χ1n) is 5.88. The number of hydrogen-bond donors (Lipinski definition) is 0. The average molecular weight is 287 g/mol. The second-order valence-corrected chi connectivity index (χ2v) is 5.32. The van der Waals surface area contributed by atoms with E-state index in [2.05, 4.69) is 10.1 Å². The van der Waals surface area contributed by atoms with Crippen LogP contribution >= 0.6 is 11.3 Å². The molecule has 0 spiro atoms. The molecule has 0 aliphatic heterocycles. The Balaban J connectivity index is 2.10. The van der Waals surface area contributed by atoms with Crippen LogP contribution in [0.15, 0.2) is 42.3 Å². The molecule has 0 saturated carbocycles. The van der Waals surface area contributed by atoms with Crippen molar-refractivity contribution in [3.8, 4) is 11.1 Å². The fraction of sp³-hybridized carbons (Fsp3) is 0. The molecule has 4 aromatic heterocycles. The minimum Gasteiger partial charge on any atom is -0.263 e. The molecule has 0 amide bonds. The molecule has 6 heteroatoms. The van der Waals surface area contributed by atoms with Crippen LogP contribution < -0.4 is 0 Å². The Morgan fingerprint density at radius 3 is 2.90 bits per heavy atom. The highest BCUT2D eigenvalue weighted by atomic mass is 32.1. The molecule has 0 N–H and O–H groups in total. The first-order valence-corrected chi connectivity index (χ1v) is 6.76. The Bertz CT molecular complexity index is 942. The molecule has 3 nitrogen and oxygen atoms in total. The molecule has 0 aliphatic carbocycles. The van der Waals surface area contributed by atoms with E-state index in [1.807, 2.05) is 11.4 Å². The van der Waals surface area contributed by atoms with Gasteiger partial charge in [-0.25, -0.2) is 13.3 Å². The SMILES string of the molecule is Fc1cc(F)c2c(-c3cncc4sccc34)cnn2c1. The van der Waals surface area contributed by atoms with E-state index >= 15 is 0 Å². The standard InChI is InChI=1S/C14H7F2N3S/c15-8-3-12(16)14-11(5-18-19(14)7-8)10-4-17-6-13-9(10)1-2-20-13/h1-7H. The number of fused-ring (bicyclic) bond motifs is 2. The number of pyridine rings is 2. The predicted octanol–water partition coefficient (Wildman–Crippen LogP) is 3.89. The summed E-state index contributed by atoms with van der Waals surface area (Å²) in [6.45, 7) is 0. The van der Waals surface area contributed by atoms with Crippen molar-refractivity contribution in [1.82, 2.24) is 14.6 Å². The normalized spacial score (nSPS) is 11.5. The molecule has 0 radical (unpaired) electrons. The van der Waals surface area contributed by atoms with Crippen LogP contribution in [0.1, 0.15) is 0 Å². The predicted molar refractivity (Wildman–Crippen MR) is 73.7 cm³/mol. The number of thiophene rings is 1. The van der Waals surface area contributed by atoms with Crippen LogP contribution in [-0.2, 0) is 0 Å². The lowest BCUT2D eigenvalue weighted by Crippen LogP contribution is -1.93. The summed E-state index contributed by atoms with van der Waals surface area (Å²) in [6, 6.07) is 2.82. The molecule has 4 rings (SSSR count). The molecule has 0 saturated heterocycles. The Hall–Kier alpha value is -2.34. The van der Waals surface area contributed by atoms with Gasteiger partial charge < -0.3 is 0 Å². The summed E-state index contributed by atoms with van der Waals surface area (Å²) in [5.41, 5.74) is 1.66. The van der Waals surface area contributed by atoms with Gasteiger partial charge in [-0.2, -0.15) is 5.10 Å². The molecule has 0 fully saturated rings. The van der Waals surface area contributed by atoms with Gasteiger partial charge in [0, 0.05) is 35.0 Å². The minimum atomic E-state index is -0.656. The Kier molecular flexibility index (Phi) is 2.34. The van der Waals surface area contributed by atoms with Crippen molar-refractivity contribution in [2.45, 2.75) is 0 Å². The van der Waals surface area contributed by atoms with Gasteiger partial charge in [-0.3, -0.25) is 4.98 Å². The Morgan fingerprint density at radius 2 is 2.00 bits per heavy atom. The van der Waals surface area contributed by atoms with Crippen molar-refractivity contribution in [2.24, 2.45) is 0 Å². The molecular formula is C14H7F2N3S. The van der Waals surface area contributed by atoms with E-state index in [4.69, 9.17) is 0 Å². The van der Waals surface area contributed by atoms with Crippen molar-refractivity contribution < 1.29 is 8.78 Å². The van der Waals surface area contributed by atoms with E-state index in [-0.39, 0.29) is 5.52 Å². The molecule has 20 heavy (non-hydrogen) atoms. The number of hydrogen-bond acceptors (Lipinski definition) is 3. The molecule has 0 aliphatic rings. The summed E-state index contributed by atoms with van der Waals surface area (Å²) in [6.07, 6.45) is 6.13. The fourth-order valence-corrected chi connectivity index (χ4v) is 3.12. The molecule has 98 valence electrons. The first kappa shape index (κ1) is 11.5. The topological polar surface area (TPSA) is 30.2 Å². The summed E-state index contributed by atoms with van der Waals surface area (Å²) in [4.78, 5) is 4.17. The van der Waals surface area contributed by atoms with Gasteiger partial charge >= 0.3 is 0 Å². The lowest BCUT2D eigenvalue weighted by Gasteiger charge is -2.02. The zero-order chi connectivity index (χ0) is 13.7. The summed E-state index contributed by atoms with van der Waals surface area (Å²) in [7, 11) is 0. The monoisotopic (exact) mass is 287 g/mol. The molecule has 0 unspecified atom stereocenters. The van der Waals surface area contributed by atoms with Gasteiger partial charge in [0.05, 0.1) is 17.1 Å². The van der Waals surface area contributed by atoms with Gasteiger partial charge in [0.2, 0.25) is 0 Å². The number of aromatic nitrogens is 3. The molecule has 0 aromatic carbocycles. The maximum absolute atomic E-state index is 14.0. The fourth-order valence-electron chi connectivity index (χ4n) is 2.35. The van der Waals surface area contributed by atoms with Crippen molar-refractivity contribution in [3.63, 3.8) is 0 Å². The van der Waals surface area contributed by atoms with E-state index < -0.39 is 11.6 Å².